The molecule has 0 spiro atoms. The molecular formula is C37H50N8O7S2. The molecule has 0 saturated heterocycles. The standard InChI is InChI=1S/C37H50N8O7S2/c1-7-25-33(48)42-26(14-15-53-6)34(49)40-24(16-23-12-10-9-11-13-23)17-45(37(51)31-28(8-2)52-20-38-31)18-29(46)44-30(21(3)4)36-43-27(19-54-36)35(50)39-22(5)32(47)41-25/h9-13,19-22,24-26,30H,7-8,14-18H2,1-6H3,(H,39,50)(H,40,49)(H,41,47)(H,42,48)(H,44,46)/t22-,24+,25+,26+,30+/m1/s1. The summed E-state index contributed by atoms with van der Waals surface area (Å²) < 4.78 is 5.46. The number of fused-ring (bicyclic) bond motifs is 2. The second-order valence-corrected chi connectivity index (χ2v) is 15.3. The highest BCUT2D eigenvalue weighted by atomic mass is 32.2. The van der Waals surface area contributed by atoms with E-state index in [9.17, 15) is 28.8 Å². The van der Waals surface area contributed by atoms with E-state index in [0.29, 0.717) is 29.4 Å². The van der Waals surface area contributed by atoms with Crippen LogP contribution in [0.25, 0.3) is 0 Å². The number of oxazole rings is 1. The molecule has 15 nitrogen and oxygen atoms in total. The lowest BCUT2D eigenvalue weighted by atomic mass is 10.0. The van der Waals surface area contributed by atoms with Crippen LogP contribution in [0, 0.1) is 5.92 Å². The second-order valence-electron chi connectivity index (χ2n) is 13.4. The van der Waals surface area contributed by atoms with Crippen LogP contribution in [0.4, 0.5) is 0 Å². The van der Waals surface area contributed by atoms with Crippen molar-refractivity contribution < 1.29 is 33.2 Å². The fourth-order valence-corrected chi connectivity index (χ4v) is 7.39. The quantitative estimate of drug-likeness (QED) is 0.215. The third-order valence-corrected chi connectivity index (χ3v) is 10.5. The van der Waals surface area contributed by atoms with Gasteiger partial charge in [-0.15, -0.1) is 11.3 Å². The van der Waals surface area contributed by atoms with Crippen molar-refractivity contribution in [3.05, 3.63) is 69.8 Å². The number of thioether (sulfide) groups is 1. The minimum atomic E-state index is -1.02. The number of nitrogens with zero attached hydrogens (tertiary/aromatic N) is 3. The van der Waals surface area contributed by atoms with Crippen LogP contribution in [0.15, 0.2) is 46.5 Å². The Labute approximate surface area is 323 Å². The molecule has 6 amide bonds. The van der Waals surface area contributed by atoms with Gasteiger partial charge in [0.1, 0.15) is 34.6 Å². The Balaban J connectivity index is 1.78. The largest absolute Gasteiger partial charge is 0.448 e. The van der Waals surface area contributed by atoms with Gasteiger partial charge in [0, 0.05) is 18.3 Å². The Morgan fingerprint density at radius 1 is 0.981 bits per heavy atom. The fourth-order valence-electron chi connectivity index (χ4n) is 5.90. The first-order valence-electron chi connectivity index (χ1n) is 18.1. The molecular weight excluding hydrogens is 733 g/mol. The molecule has 5 atom stereocenters. The van der Waals surface area contributed by atoms with Gasteiger partial charge in [0.15, 0.2) is 12.1 Å². The first-order valence-corrected chi connectivity index (χ1v) is 20.3. The first kappa shape index (κ1) is 42.0. The molecule has 4 rings (SSSR count). The molecule has 1 aliphatic rings. The van der Waals surface area contributed by atoms with Crippen LogP contribution in [-0.2, 0) is 32.0 Å². The van der Waals surface area contributed by atoms with Crippen molar-refractivity contribution in [2.45, 2.75) is 90.5 Å². The van der Waals surface area contributed by atoms with E-state index in [2.05, 4.69) is 36.6 Å². The average Bonchev–Trinajstić information content (AvgIpc) is 3.84. The van der Waals surface area contributed by atoms with Crippen LogP contribution in [0.2, 0.25) is 0 Å². The summed E-state index contributed by atoms with van der Waals surface area (Å²) in [7, 11) is 0. The topological polar surface area (TPSA) is 205 Å². The molecule has 1 aliphatic heterocycles. The highest BCUT2D eigenvalue weighted by molar-refractivity contribution is 7.98. The zero-order valence-electron chi connectivity index (χ0n) is 31.5. The number of thiazole rings is 1. The zero-order valence-corrected chi connectivity index (χ0v) is 33.1. The Kier molecular flexibility index (Phi) is 15.6. The van der Waals surface area contributed by atoms with Crippen LogP contribution >= 0.6 is 23.1 Å². The molecule has 1 aromatic carbocycles. The zero-order chi connectivity index (χ0) is 39.4. The molecule has 17 heteroatoms. The summed E-state index contributed by atoms with van der Waals surface area (Å²) in [5.74, 6) is -2.56. The van der Waals surface area contributed by atoms with Gasteiger partial charge in [0.25, 0.3) is 11.8 Å². The number of benzene rings is 1. The number of hydrogen-bond acceptors (Lipinski definition) is 11. The summed E-state index contributed by atoms with van der Waals surface area (Å²) in [6, 6.07) is 5.08. The van der Waals surface area contributed by atoms with Crippen molar-refractivity contribution in [1.82, 2.24) is 41.5 Å². The summed E-state index contributed by atoms with van der Waals surface area (Å²) in [6.07, 6.45) is 4.25. The molecule has 0 radical (unpaired) electrons. The monoisotopic (exact) mass is 782 g/mol. The molecule has 54 heavy (non-hydrogen) atoms. The Morgan fingerprint density at radius 3 is 2.35 bits per heavy atom. The number of rotatable bonds is 9. The van der Waals surface area contributed by atoms with E-state index in [1.54, 1.807) is 12.3 Å². The smallest absolute Gasteiger partial charge is 0.276 e. The molecule has 0 aliphatic carbocycles. The predicted molar refractivity (Wildman–Crippen MR) is 206 cm³/mol. The maximum atomic E-state index is 14.2. The van der Waals surface area contributed by atoms with Gasteiger partial charge in [0.2, 0.25) is 23.6 Å². The molecule has 0 unspecified atom stereocenters. The van der Waals surface area contributed by atoms with Crippen LogP contribution in [0.5, 0.6) is 0 Å². The molecule has 5 N–H and O–H groups in total. The van der Waals surface area contributed by atoms with E-state index in [1.165, 1.54) is 41.3 Å². The number of aromatic nitrogens is 2. The summed E-state index contributed by atoms with van der Waals surface area (Å²) in [5, 5.41) is 16.2. The van der Waals surface area contributed by atoms with Crippen LogP contribution in [-0.4, -0.2) is 99.6 Å². The van der Waals surface area contributed by atoms with Crippen LogP contribution < -0.4 is 26.6 Å². The van der Waals surface area contributed by atoms with Gasteiger partial charge < -0.3 is 35.9 Å². The summed E-state index contributed by atoms with van der Waals surface area (Å²) in [5.41, 5.74) is 0.991. The van der Waals surface area contributed by atoms with Crippen molar-refractivity contribution in [2.75, 3.05) is 25.1 Å². The summed E-state index contributed by atoms with van der Waals surface area (Å²) >= 11 is 2.68. The molecule has 3 heterocycles. The Bertz CT molecular complexity index is 1760. The lowest BCUT2D eigenvalue weighted by Gasteiger charge is -2.30. The highest BCUT2D eigenvalue weighted by Crippen LogP contribution is 2.25. The van der Waals surface area contributed by atoms with Crippen molar-refractivity contribution >= 4 is 58.5 Å². The van der Waals surface area contributed by atoms with Gasteiger partial charge in [-0.2, -0.15) is 11.8 Å². The predicted octanol–water partition coefficient (Wildman–Crippen LogP) is 2.64. The van der Waals surface area contributed by atoms with Crippen molar-refractivity contribution in [3.63, 3.8) is 0 Å². The third kappa shape index (κ3) is 11.4. The molecule has 2 aromatic heterocycles. The van der Waals surface area contributed by atoms with E-state index < -0.39 is 72.2 Å². The molecule has 3 aromatic rings. The van der Waals surface area contributed by atoms with E-state index in [4.69, 9.17) is 4.42 Å². The summed E-state index contributed by atoms with van der Waals surface area (Å²) in [6.45, 7) is 8.34. The molecule has 0 saturated carbocycles. The highest BCUT2D eigenvalue weighted by Gasteiger charge is 2.33. The minimum absolute atomic E-state index is 0.0589. The van der Waals surface area contributed by atoms with Crippen LogP contribution in [0.1, 0.15) is 90.8 Å². The van der Waals surface area contributed by atoms with Gasteiger partial charge >= 0.3 is 0 Å². The van der Waals surface area contributed by atoms with Crippen molar-refractivity contribution in [3.8, 4) is 0 Å². The van der Waals surface area contributed by atoms with Gasteiger partial charge in [-0.1, -0.05) is 58.0 Å². The SMILES string of the molecule is CCc1ocnc1C(=O)N1CC(=O)N[C@@H](C(C)C)c2nc(cs2)C(=O)N[C@H](C)C(=O)N[C@@H](CC)C(=O)N[C@@H](CCSC)C(=O)N[C@@H](Cc2ccccc2)C1. The first-order chi connectivity index (χ1) is 25.8. The molecule has 0 fully saturated rings. The Hall–Kier alpha value is -4.77. The lowest BCUT2D eigenvalue weighted by molar-refractivity contribution is -0.132. The fraction of sp³-hybridized carbons (Fsp3) is 0.514. The summed E-state index contributed by atoms with van der Waals surface area (Å²) in [4.78, 5) is 92.1. The maximum absolute atomic E-state index is 14.2. The number of amides is 6. The van der Waals surface area contributed by atoms with E-state index in [1.807, 2.05) is 57.4 Å². The number of carbonyl (C=O) groups excluding carboxylic acids is 6. The lowest BCUT2D eigenvalue weighted by Crippen LogP contribution is -2.58. The minimum Gasteiger partial charge on any atom is -0.448 e. The number of nitrogens with one attached hydrogen (secondary N) is 5. The van der Waals surface area contributed by atoms with E-state index in [-0.39, 0.29) is 36.7 Å². The average molecular weight is 783 g/mol. The maximum Gasteiger partial charge on any atom is 0.276 e. The number of carbonyl (C=O) groups is 6. The van der Waals surface area contributed by atoms with E-state index in [0.717, 1.165) is 5.56 Å². The van der Waals surface area contributed by atoms with Gasteiger partial charge in [-0.3, -0.25) is 28.8 Å². The second kappa shape index (κ2) is 20.1. The van der Waals surface area contributed by atoms with Gasteiger partial charge in [-0.25, -0.2) is 9.97 Å². The Morgan fingerprint density at radius 2 is 1.69 bits per heavy atom. The van der Waals surface area contributed by atoms with E-state index >= 15 is 0 Å². The van der Waals surface area contributed by atoms with Gasteiger partial charge in [-0.05, 0) is 49.7 Å². The molecule has 2 bridgehead atoms. The third-order valence-electron chi connectivity index (χ3n) is 8.93. The van der Waals surface area contributed by atoms with Crippen molar-refractivity contribution in [1.29, 1.82) is 0 Å². The number of hydrogen-bond donors (Lipinski definition) is 5. The normalized spacial score (nSPS) is 22.4. The van der Waals surface area contributed by atoms with Gasteiger partial charge in [0.05, 0.1) is 18.6 Å². The molecule has 292 valence electrons. The van der Waals surface area contributed by atoms with Crippen molar-refractivity contribution in [2.24, 2.45) is 5.92 Å². The van der Waals surface area contributed by atoms with Crippen LogP contribution in [0.3, 0.4) is 0 Å². The number of aryl methyl sites for hydroxylation is 1.